The molecular formula is C20H20Na2O12S. The summed E-state index contributed by atoms with van der Waals surface area (Å²) in [6, 6.07) is 5.83. The van der Waals surface area contributed by atoms with Crippen molar-refractivity contribution in [3.63, 3.8) is 0 Å². The van der Waals surface area contributed by atoms with Gasteiger partial charge in [0, 0.05) is 10.4 Å². The van der Waals surface area contributed by atoms with Crippen LogP contribution in [0.4, 0.5) is 0 Å². The molecule has 0 aliphatic carbocycles. The molecule has 0 unspecified atom stereocenters. The second kappa shape index (κ2) is 16.0. The standard InChI is InChI=1S/2C10H10O4.2Na.H2O4S/c2*1-5-3-4-7(9(11)12)6(2)8(5)10(13)14;;;1-5(2,3)4/h2*3-4H,1-2H3,(H,11,12)(H,13,14);;;(H2,1,2,3,4)/q;;2*+1;/p-2. The monoisotopic (exact) mass is 530 g/mol. The van der Waals surface area contributed by atoms with Crippen LogP contribution in [-0.4, -0.2) is 61.8 Å². The van der Waals surface area contributed by atoms with Gasteiger partial charge in [-0.1, -0.05) is 12.1 Å². The van der Waals surface area contributed by atoms with E-state index in [2.05, 4.69) is 0 Å². The zero-order chi connectivity index (χ0) is 26.3. The van der Waals surface area contributed by atoms with Crippen molar-refractivity contribution >= 4 is 34.3 Å². The summed E-state index contributed by atoms with van der Waals surface area (Å²) in [7, 11) is -5.17. The molecule has 2 rings (SSSR count). The Morgan fingerprint density at radius 3 is 1.00 bits per heavy atom. The SMILES string of the molecule is Cc1ccc(C(=O)O)c(C)c1C(=O)O.Cc1ccc(C(=O)O)c(C)c1C(=O)O.O=S(=O)([O-])[O-].[Na+].[Na+]. The fourth-order valence-corrected chi connectivity index (χ4v) is 2.82. The molecule has 0 saturated carbocycles. The van der Waals surface area contributed by atoms with Gasteiger partial charge in [0.1, 0.15) is 0 Å². The molecule has 0 bridgehead atoms. The van der Waals surface area contributed by atoms with Gasteiger partial charge in [-0.3, -0.25) is 8.42 Å². The van der Waals surface area contributed by atoms with E-state index in [0.717, 1.165) is 0 Å². The van der Waals surface area contributed by atoms with E-state index in [0.29, 0.717) is 22.3 Å². The summed E-state index contributed by atoms with van der Waals surface area (Å²) in [5, 5.41) is 35.3. The number of benzene rings is 2. The van der Waals surface area contributed by atoms with Crippen LogP contribution in [0.25, 0.3) is 0 Å². The van der Waals surface area contributed by atoms with Gasteiger partial charge in [-0.2, -0.15) is 0 Å². The van der Waals surface area contributed by atoms with Crippen LogP contribution in [0.2, 0.25) is 0 Å². The molecule has 0 heterocycles. The van der Waals surface area contributed by atoms with Crippen molar-refractivity contribution < 1.29 is 116 Å². The van der Waals surface area contributed by atoms with Crippen molar-refractivity contribution in [1.82, 2.24) is 0 Å². The number of rotatable bonds is 4. The minimum absolute atomic E-state index is 0. The molecule has 12 nitrogen and oxygen atoms in total. The van der Waals surface area contributed by atoms with Gasteiger partial charge in [0.25, 0.3) is 0 Å². The molecule has 2 aromatic carbocycles. The maximum Gasteiger partial charge on any atom is 1.00 e. The molecule has 0 atom stereocenters. The Hall–Kier alpha value is -1.81. The zero-order valence-corrected chi connectivity index (χ0v) is 24.6. The molecular weight excluding hydrogens is 510 g/mol. The number of aromatic carboxylic acids is 4. The molecule has 0 radical (unpaired) electrons. The molecule has 0 aromatic heterocycles. The van der Waals surface area contributed by atoms with E-state index in [1.807, 2.05) is 0 Å². The minimum Gasteiger partial charge on any atom is -0.759 e. The van der Waals surface area contributed by atoms with Gasteiger partial charge in [-0.15, -0.1) is 0 Å². The van der Waals surface area contributed by atoms with E-state index >= 15 is 0 Å². The maximum atomic E-state index is 10.8. The first kappa shape index (κ1) is 37.7. The van der Waals surface area contributed by atoms with Crippen molar-refractivity contribution in [3.8, 4) is 0 Å². The largest absolute Gasteiger partial charge is 1.00 e. The first-order chi connectivity index (χ1) is 14.9. The number of carbonyl (C=O) groups is 4. The summed E-state index contributed by atoms with van der Waals surface area (Å²) >= 11 is 0. The first-order valence-electron chi connectivity index (χ1n) is 8.70. The third-order valence-electron chi connectivity index (χ3n) is 4.24. The van der Waals surface area contributed by atoms with Crippen LogP contribution in [-0.2, 0) is 10.4 Å². The Morgan fingerprint density at radius 1 is 0.600 bits per heavy atom. The predicted octanol–water partition coefficient (Wildman–Crippen LogP) is -3.93. The molecule has 0 aliphatic rings. The summed E-state index contributed by atoms with van der Waals surface area (Å²) in [5.74, 6) is -4.40. The van der Waals surface area contributed by atoms with Crippen molar-refractivity contribution in [2.24, 2.45) is 0 Å². The van der Waals surface area contributed by atoms with Crippen LogP contribution >= 0.6 is 0 Å². The second-order valence-electron chi connectivity index (χ2n) is 6.49. The Morgan fingerprint density at radius 2 is 0.829 bits per heavy atom. The number of aryl methyl sites for hydroxylation is 2. The Kier molecular flexibility index (Phi) is 17.3. The van der Waals surface area contributed by atoms with Crippen molar-refractivity contribution in [2.45, 2.75) is 27.7 Å². The number of carboxylic acids is 4. The Balaban J connectivity index is -0.000000469. The first-order valence-corrected chi connectivity index (χ1v) is 10.0. The summed E-state index contributed by atoms with van der Waals surface area (Å²) in [6.45, 7) is 6.28. The average Bonchev–Trinajstić information content (AvgIpc) is 2.59. The molecule has 0 fully saturated rings. The van der Waals surface area contributed by atoms with E-state index in [1.54, 1.807) is 13.8 Å². The van der Waals surface area contributed by atoms with Gasteiger partial charge in [0.2, 0.25) is 0 Å². The second-order valence-corrected chi connectivity index (χ2v) is 7.31. The van der Waals surface area contributed by atoms with Crippen LogP contribution in [0, 0.1) is 27.7 Å². The molecule has 2 aromatic rings. The van der Waals surface area contributed by atoms with Gasteiger partial charge in [0.15, 0.2) is 0 Å². The number of hydrogen-bond donors (Lipinski definition) is 4. The van der Waals surface area contributed by atoms with Gasteiger partial charge in [-0.05, 0) is 62.1 Å². The van der Waals surface area contributed by atoms with E-state index in [9.17, 15) is 19.2 Å². The summed E-state index contributed by atoms with van der Waals surface area (Å²) < 4.78 is 34.1. The molecule has 15 heteroatoms. The van der Waals surface area contributed by atoms with Crippen molar-refractivity contribution in [3.05, 3.63) is 68.8 Å². The van der Waals surface area contributed by atoms with Crippen molar-refractivity contribution in [2.75, 3.05) is 0 Å². The third kappa shape index (κ3) is 12.6. The predicted molar refractivity (Wildman–Crippen MR) is 110 cm³/mol. The van der Waals surface area contributed by atoms with Crippen molar-refractivity contribution in [1.29, 1.82) is 0 Å². The smallest absolute Gasteiger partial charge is 0.759 e. The van der Waals surface area contributed by atoms with Gasteiger partial charge in [0.05, 0.1) is 22.3 Å². The quantitative estimate of drug-likeness (QED) is 0.169. The third-order valence-corrected chi connectivity index (χ3v) is 4.24. The topological polar surface area (TPSA) is 229 Å². The fraction of sp³-hybridized carbons (Fsp3) is 0.200. The van der Waals surface area contributed by atoms with Crippen LogP contribution in [0.5, 0.6) is 0 Å². The van der Waals surface area contributed by atoms with Gasteiger partial charge >= 0.3 is 83.0 Å². The summed E-state index contributed by atoms with van der Waals surface area (Å²) in [6.07, 6.45) is 0. The van der Waals surface area contributed by atoms with E-state index in [4.69, 9.17) is 37.9 Å². The maximum absolute atomic E-state index is 10.8. The zero-order valence-electron chi connectivity index (χ0n) is 19.8. The molecule has 180 valence electrons. The summed E-state index contributed by atoms with van der Waals surface area (Å²) in [5.41, 5.74) is 1.95. The van der Waals surface area contributed by atoms with Gasteiger partial charge < -0.3 is 29.5 Å². The van der Waals surface area contributed by atoms with Gasteiger partial charge in [-0.25, -0.2) is 19.2 Å². The molecule has 4 N–H and O–H groups in total. The van der Waals surface area contributed by atoms with Crippen LogP contribution in [0.15, 0.2) is 24.3 Å². The minimum atomic E-state index is -5.17. The van der Waals surface area contributed by atoms with E-state index < -0.39 is 34.3 Å². The average molecular weight is 530 g/mol. The van der Waals surface area contributed by atoms with E-state index in [-0.39, 0.29) is 81.4 Å². The molecule has 0 amide bonds. The summed E-state index contributed by atoms with van der Waals surface area (Å²) in [4.78, 5) is 43.1. The van der Waals surface area contributed by atoms with E-state index in [1.165, 1.54) is 38.1 Å². The van der Waals surface area contributed by atoms with Crippen LogP contribution < -0.4 is 59.1 Å². The van der Waals surface area contributed by atoms with Crippen LogP contribution in [0.3, 0.4) is 0 Å². The molecule has 0 spiro atoms. The number of carboxylic acid groups (broad SMARTS) is 4. The Labute approximate surface area is 245 Å². The van der Waals surface area contributed by atoms with Crippen LogP contribution in [0.1, 0.15) is 63.7 Å². The molecule has 35 heavy (non-hydrogen) atoms. The number of hydrogen-bond acceptors (Lipinski definition) is 8. The molecule has 0 saturated heterocycles. The Bertz CT molecular complexity index is 1120. The normalized spacial score (nSPS) is 9.54. The molecule has 0 aliphatic heterocycles. The fourth-order valence-electron chi connectivity index (χ4n) is 2.82.